The van der Waals surface area contributed by atoms with Crippen LogP contribution in [0.25, 0.3) is 28.2 Å². The van der Waals surface area contributed by atoms with E-state index in [1.807, 2.05) is 30.3 Å². The number of rotatable bonds is 7. The minimum absolute atomic E-state index is 0.0554. The van der Waals surface area contributed by atoms with Gasteiger partial charge in [0, 0.05) is 54.8 Å². The van der Waals surface area contributed by atoms with Gasteiger partial charge in [0.2, 0.25) is 0 Å². The van der Waals surface area contributed by atoms with Gasteiger partial charge >= 0.3 is 10.2 Å². The van der Waals surface area contributed by atoms with Crippen molar-refractivity contribution < 1.29 is 31.2 Å². The van der Waals surface area contributed by atoms with Crippen LogP contribution in [-0.4, -0.2) is 88.2 Å². The Balaban J connectivity index is 1.54. The number of carbonyl (C=O) groups excluding carboxylic acids is 2. The summed E-state index contributed by atoms with van der Waals surface area (Å²) in [6.07, 6.45) is 7.66. The number of aromatic nitrogens is 1. The highest BCUT2D eigenvalue weighted by Gasteiger charge is 2.36. The normalized spacial score (nSPS) is 19.7. The molecule has 246 valence electrons. The first-order valence-corrected chi connectivity index (χ1v) is 18.8. The molecular weight excluding hydrogens is 629 g/mol. The summed E-state index contributed by atoms with van der Waals surface area (Å²) < 4.78 is 60.2. The number of carbonyl (C=O) groups is 2. The number of fused-ring (bicyclic) bond motifs is 5. The molecule has 1 aromatic heterocycles. The van der Waals surface area contributed by atoms with Crippen molar-refractivity contribution >= 4 is 48.8 Å². The number of hydrogen-bond donors (Lipinski definition) is 1. The second-order valence-corrected chi connectivity index (χ2v) is 16.8. The van der Waals surface area contributed by atoms with Crippen LogP contribution in [0.4, 0.5) is 0 Å². The first-order valence-electron chi connectivity index (χ1n) is 15.6. The van der Waals surface area contributed by atoms with Crippen molar-refractivity contribution in [3.63, 3.8) is 0 Å². The maximum absolute atomic E-state index is 14.1. The zero-order chi connectivity index (χ0) is 33.0. The summed E-state index contributed by atoms with van der Waals surface area (Å²) >= 11 is 0. The van der Waals surface area contributed by atoms with Gasteiger partial charge in [0.1, 0.15) is 5.75 Å². The van der Waals surface area contributed by atoms with Gasteiger partial charge in [0.15, 0.2) is 9.84 Å². The fraction of sp³-hybridized carbons (Fsp3) is 0.455. The third-order valence-electron chi connectivity index (χ3n) is 9.60. The lowest BCUT2D eigenvalue weighted by Crippen LogP contribution is -2.39. The van der Waals surface area contributed by atoms with Gasteiger partial charge in [0.05, 0.1) is 30.9 Å². The van der Waals surface area contributed by atoms with Gasteiger partial charge < -0.3 is 14.2 Å². The number of benzene rings is 2. The van der Waals surface area contributed by atoms with Crippen molar-refractivity contribution in [3.8, 4) is 17.0 Å². The predicted octanol–water partition coefficient (Wildman–Crippen LogP) is 3.94. The summed E-state index contributed by atoms with van der Waals surface area (Å²) in [5.74, 6) is -0.124. The van der Waals surface area contributed by atoms with Crippen LogP contribution in [-0.2, 0) is 31.4 Å². The van der Waals surface area contributed by atoms with Gasteiger partial charge in [-0.1, -0.05) is 25.3 Å². The Hall–Kier alpha value is -3.68. The highest BCUT2D eigenvalue weighted by molar-refractivity contribution is 7.91. The highest BCUT2D eigenvalue weighted by Crippen LogP contribution is 2.47. The van der Waals surface area contributed by atoms with Crippen LogP contribution in [0.5, 0.6) is 5.75 Å². The molecule has 3 aliphatic rings. The van der Waals surface area contributed by atoms with E-state index < -0.39 is 32.0 Å². The van der Waals surface area contributed by atoms with Crippen LogP contribution < -0.4 is 9.46 Å². The van der Waals surface area contributed by atoms with E-state index in [0.717, 1.165) is 63.3 Å². The van der Waals surface area contributed by atoms with Crippen molar-refractivity contribution in [2.24, 2.45) is 0 Å². The van der Waals surface area contributed by atoms with E-state index >= 15 is 0 Å². The van der Waals surface area contributed by atoms with Gasteiger partial charge in [-0.3, -0.25) is 9.59 Å². The van der Waals surface area contributed by atoms with E-state index in [0.29, 0.717) is 17.7 Å². The summed E-state index contributed by atoms with van der Waals surface area (Å²) in [5, 5.41) is 0.958. The average molecular weight is 669 g/mol. The quantitative estimate of drug-likeness (QED) is 0.403. The molecule has 1 N–H and O–H groups in total. The fourth-order valence-corrected chi connectivity index (χ4v) is 9.36. The molecule has 0 radical (unpaired) electrons. The molecule has 2 aliphatic heterocycles. The zero-order valence-electron chi connectivity index (χ0n) is 26.6. The third kappa shape index (κ3) is 5.95. The second kappa shape index (κ2) is 12.2. The first-order chi connectivity index (χ1) is 21.8. The summed E-state index contributed by atoms with van der Waals surface area (Å²) in [6, 6.07) is 10.6. The Bertz CT molecular complexity index is 1970. The maximum Gasteiger partial charge on any atom is 0.303 e. The van der Waals surface area contributed by atoms with Gasteiger partial charge in [0.25, 0.3) is 11.8 Å². The topological polar surface area (TPSA) is 135 Å². The van der Waals surface area contributed by atoms with Crippen molar-refractivity contribution in [1.29, 1.82) is 0 Å². The lowest BCUT2D eigenvalue weighted by Gasteiger charge is -2.25. The Morgan fingerprint density at radius 3 is 2.39 bits per heavy atom. The molecule has 11 nitrogen and oxygen atoms in total. The summed E-state index contributed by atoms with van der Waals surface area (Å²) in [5.41, 5.74) is 5.22. The first kappa shape index (κ1) is 32.3. The molecule has 1 atom stereocenters. The number of likely N-dealkylation sites (N-methyl/N-ethyl adjacent to an activating group) is 1. The van der Waals surface area contributed by atoms with Crippen LogP contribution in [0, 0.1) is 0 Å². The van der Waals surface area contributed by atoms with Gasteiger partial charge in [-0.05, 0) is 72.7 Å². The number of hydrogen-bond acceptors (Lipinski definition) is 7. The molecule has 1 saturated heterocycles. The smallest absolute Gasteiger partial charge is 0.303 e. The third-order valence-corrected chi connectivity index (χ3v) is 12.8. The van der Waals surface area contributed by atoms with Crippen molar-refractivity contribution in [1.82, 2.24) is 18.5 Å². The van der Waals surface area contributed by atoms with Crippen molar-refractivity contribution in [2.45, 2.75) is 57.0 Å². The molecule has 0 bridgehead atoms. The fourth-order valence-electron chi connectivity index (χ4n) is 7.05. The number of ether oxygens (including phenoxy) is 1. The van der Waals surface area contributed by atoms with E-state index in [1.54, 1.807) is 31.2 Å². The monoisotopic (exact) mass is 668 g/mol. The molecule has 2 amide bonds. The van der Waals surface area contributed by atoms with Gasteiger partial charge in [-0.2, -0.15) is 12.7 Å². The molecule has 2 fully saturated rings. The lowest BCUT2D eigenvalue weighted by molar-refractivity contribution is -0.127. The number of methoxy groups -OCH3 is 1. The molecule has 1 saturated carbocycles. The minimum atomic E-state index is -4.01. The van der Waals surface area contributed by atoms with E-state index in [4.69, 9.17) is 4.74 Å². The summed E-state index contributed by atoms with van der Waals surface area (Å²) in [7, 11) is -1.28. The van der Waals surface area contributed by atoms with E-state index in [1.165, 1.54) is 20.5 Å². The summed E-state index contributed by atoms with van der Waals surface area (Å²) in [6.45, 7) is 0.180. The Morgan fingerprint density at radius 2 is 1.74 bits per heavy atom. The van der Waals surface area contributed by atoms with Crippen LogP contribution in [0.2, 0.25) is 0 Å². The van der Waals surface area contributed by atoms with Gasteiger partial charge in [-0.15, -0.1) is 0 Å². The molecule has 3 heterocycles. The van der Waals surface area contributed by atoms with Crippen LogP contribution in [0.1, 0.15) is 65.9 Å². The molecular formula is C33H40N4O7S2. The molecule has 2 aromatic carbocycles. The number of amides is 2. The molecule has 1 aliphatic carbocycles. The number of nitrogens with one attached hydrogen (secondary N) is 1. The summed E-state index contributed by atoms with van der Waals surface area (Å²) in [4.78, 5) is 28.9. The molecule has 1 unspecified atom stereocenters. The van der Waals surface area contributed by atoms with Gasteiger partial charge in [-0.25, -0.2) is 13.1 Å². The Morgan fingerprint density at radius 1 is 1.00 bits per heavy atom. The zero-order valence-corrected chi connectivity index (χ0v) is 28.2. The van der Waals surface area contributed by atoms with Crippen molar-refractivity contribution in [2.75, 3.05) is 39.8 Å². The molecule has 3 aromatic rings. The standard InChI is InChI=1S/C33H40N4O7S2/c1-35(2)46(42,43)34-32(38)22-10-12-28-29(18-22)37-19-24(33(39)36(3)25-14-15-45(40,41)20-25)16-23-17-26(44-4)11-13-27(23)31(37)30(28)21-8-6-5-7-9-21/h10-13,16-18,21,25H,5-9,14-15,19-20H2,1-4H3,(H,34,38). The number of nitrogens with zero attached hydrogens (tertiary/aromatic N) is 3. The largest absolute Gasteiger partial charge is 0.497 e. The molecule has 13 heteroatoms. The highest BCUT2D eigenvalue weighted by atomic mass is 32.2. The average Bonchev–Trinajstić information content (AvgIpc) is 3.50. The van der Waals surface area contributed by atoms with Crippen LogP contribution in [0.3, 0.4) is 0 Å². The Kier molecular flexibility index (Phi) is 8.53. The van der Waals surface area contributed by atoms with E-state index in [2.05, 4.69) is 9.29 Å². The molecule has 6 rings (SSSR count). The van der Waals surface area contributed by atoms with Crippen LogP contribution >= 0.6 is 0 Å². The Labute approximate surface area is 270 Å². The number of sulfone groups is 1. The minimum Gasteiger partial charge on any atom is -0.497 e. The maximum atomic E-state index is 14.1. The lowest BCUT2D eigenvalue weighted by atomic mass is 9.81. The molecule has 0 spiro atoms. The van der Waals surface area contributed by atoms with E-state index in [9.17, 15) is 26.4 Å². The van der Waals surface area contributed by atoms with Crippen molar-refractivity contribution in [3.05, 3.63) is 58.7 Å². The van der Waals surface area contributed by atoms with Crippen LogP contribution in [0.15, 0.2) is 42.0 Å². The van der Waals surface area contributed by atoms with E-state index in [-0.39, 0.29) is 35.4 Å². The second-order valence-electron chi connectivity index (χ2n) is 12.7. The SMILES string of the molecule is COc1ccc2c(c1)C=C(C(=O)N(C)C1CCS(=O)(=O)C1)Cn1c-2c(C2CCCCC2)c2ccc(C(=O)NS(=O)(=O)N(C)C)cc21. The predicted molar refractivity (Wildman–Crippen MR) is 178 cm³/mol. The molecule has 46 heavy (non-hydrogen) atoms.